The molecule has 0 spiro atoms. The van der Waals surface area contributed by atoms with Crippen molar-refractivity contribution in [2.75, 3.05) is 13.6 Å². The smallest absolute Gasteiger partial charge is 0.246 e. The van der Waals surface area contributed by atoms with Crippen molar-refractivity contribution in [3.8, 4) is 0 Å². The van der Waals surface area contributed by atoms with Gasteiger partial charge in [0.15, 0.2) is 0 Å². The number of carbonyl (C=O) groups is 2. The molecule has 4 nitrogen and oxygen atoms in total. The molecule has 0 atom stereocenters. The molecule has 0 bridgehead atoms. The normalized spacial score (nSPS) is 9.89. The average Bonchev–Trinajstić information content (AvgIpc) is 2.82. The van der Waals surface area contributed by atoms with Crippen LogP contribution in [0.2, 0.25) is 0 Å². The van der Waals surface area contributed by atoms with Crippen LogP contribution >= 0.6 is 11.3 Å². The van der Waals surface area contributed by atoms with Gasteiger partial charge in [0.1, 0.15) is 0 Å². The molecule has 1 rings (SSSR count). The number of rotatable bonds is 6. The summed E-state index contributed by atoms with van der Waals surface area (Å²) in [5.74, 6) is -0.418. The van der Waals surface area contributed by atoms with Gasteiger partial charge in [-0.2, -0.15) is 0 Å². The number of amides is 2. The number of hydrogen-bond acceptors (Lipinski definition) is 3. The lowest BCUT2D eigenvalue weighted by atomic mass is 10.2. The largest absolute Gasteiger partial charge is 0.350 e. The Balaban J connectivity index is 2.42. The molecular weight excluding hydrogens is 248 g/mol. The lowest BCUT2D eigenvalue weighted by Gasteiger charge is -2.14. The Morgan fingerprint density at radius 2 is 2.28 bits per heavy atom. The van der Waals surface area contributed by atoms with Gasteiger partial charge in [0, 0.05) is 11.9 Å². The maximum absolute atomic E-state index is 11.6. The van der Waals surface area contributed by atoms with Crippen LogP contribution in [0.5, 0.6) is 0 Å². The lowest BCUT2D eigenvalue weighted by molar-refractivity contribution is -0.131. The van der Waals surface area contributed by atoms with E-state index < -0.39 is 0 Å². The van der Waals surface area contributed by atoms with Gasteiger partial charge in [-0.1, -0.05) is 13.5 Å². The molecule has 1 aromatic heterocycles. The van der Waals surface area contributed by atoms with Gasteiger partial charge in [-0.25, -0.2) is 0 Å². The maximum atomic E-state index is 11.6. The minimum Gasteiger partial charge on any atom is -0.350 e. The van der Waals surface area contributed by atoms with E-state index in [-0.39, 0.29) is 18.4 Å². The number of thiophene rings is 1. The standard InChI is InChI=1S/C13H18N2O2S/c1-4-10-6-7-18-11(10)8-14-12(16)9-15(3)13(17)5-2/h5-7H,2,4,8-9H2,1,3H3,(H,14,16). The molecule has 0 unspecified atom stereocenters. The Bertz CT molecular complexity index is 440. The summed E-state index contributed by atoms with van der Waals surface area (Å²) in [5, 5.41) is 4.83. The van der Waals surface area contributed by atoms with Crippen molar-refractivity contribution in [2.45, 2.75) is 19.9 Å². The molecule has 0 saturated carbocycles. The zero-order chi connectivity index (χ0) is 13.5. The predicted molar refractivity (Wildman–Crippen MR) is 73.4 cm³/mol. The highest BCUT2D eigenvalue weighted by atomic mass is 32.1. The number of aryl methyl sites for hydroxylation is 1. The molecule has 1 heterocycles. The minimum atomic E-state index is -0.254. The van der Waals surface area contributed by atoms with Crippen LogP contribution in [0.15, 0.2) is 24.1 Å². The van der Waals surface area contributed by atoms with Gasteiger partial charge in [-0.3, -0.25) is 9.59 Å². The van der Waals surface area contributed by atoms with Crippen molar-refractivity contribution in [1.29, 1.82) is 0 Å². The zero-order valence-corrected chi connectivity index (χ0v) is 11.5. The molecule has 98 valence electrons. The molecule has 5 heteroatoms. The summed E-state index contributed by atoms with van der Waals surface area (Å²) in [6.45, 7) is 6.04. The van der Waals surface area contributed by atoms with Crippen LogP contribution in [-0.2, 0) is 22.6 Å². The highest BCUT2D eigenvalue weighted by Gasteiger charge is 2.10. The number of hydrogen-bond donors (Lipinski definition) is 1. The average molecular weight is 266 g/mol. The maximum Gasteiger partial charge on any atom is 0.246 e. The summed E-state index contributed by atoms with van der Waals surface area (Å²) in [6.07, 6.45) is 2.16. The predicted octanol–water partition coefficient (Wildman–Crippen LogP) is 1.57. The number of carbonyl (C=O) groups excluding carboxylic acids is 2. The van der Waals surface area contributed by atoms with E-state index in [0.29, 0.717) is 6.54 Å². The molecule has 0 aromatic carbocycles. The fourth-order valence-electron chi connectivity index (χ4n) is 1.52. The van der Waals surface area contributed by atoms with Crippen LogP contribution in [0.25, 0.3) is 0 Å². The van der Waals surface area contributed by atoms with Crippen molar-refractivity contribution in [3.05, 3.63) is 34.5 Å². The second-order valence-corrected chi connectivity index (χ2v) is 4.90. The Hall–Kier alpha value is -1.62. The molecule has 0 aliphatic rings. The molecule has 2 amide bonds. The molecule has 0 saturated heterocycles. The molecular formula is C13H18N2O2S. The van der Waals surface area contributed by atoms with Gasteiger partial charge in [0.2, 0.25) is 11.8 Å². The van der Waals surface area contributed by atoms with Crippen LogP contribution in [0.1, 0.15) is 17.4 Å². The Morgan fingerprint density at radius 3 is 2.89 bits per heavy atom. The molecule has 1 N–H and O–H groups in total. The monoisotopic (exact) mass is 266 g/mol. The van der Waals surface area contributed by atoms with Crippen LogP contribution in [0.4, 0.5) is 0 Å². The van der Waals surface area contributed by atoms with Gasteiger partial charge in [0.25, 0.3) is 0 Å². The van der Waals surface area contributed by atoms with Crippen molar-refractivity contribution in [1.82, 2.24) is 10.2 Å². The van der Waals surface area contributed by atoms with Gasteiger partial charge in [-0.15, -0.1) is 11.3 Å². The van der Waals surface area contributed by atoms with Crippen molar-refractivity contribution < 1.29 is 9.59 Å². The Morgan fingerprint density at radius 1 is 1.56 bits per heavy atom. The summed E-state index contributed by atoms with van der Waals surface area (Å²) in [6, 6.07) is 2.07. The second-order valence-electron chi connectivity index (χ2n) is 3.90. The molecule has 1 aromatic rings. The van der Waals surface area contributed by atoms with E-state index in [0.717, 1.165) is 6.42 Å². The van der Waals surface area contributed by atoms with E-state index in [4.69, 9.17) is 0 Å². The van der Waals surface area contributed by atoms with E-state index in [1.54, 1.807) is 18.4 Å². The van der Waals surface area contributed by atoms with E-state index >= 15 is 0 Å². The van der Waals surface area contributed by atoms with Crippen molar-refractivity contribution in [2.24, 2.45) is 0 Å². The van der Waals surface area contributed by atoms with Crippen LogP contribution in [0.3, 0.4) is 0 Å². The van der Waals surface area contributed by atoms with Gasteiger partial charge in [-0.05, 0) is 29.5 Å². The Kier molecular flexibility index (Phi) is 5.58. The third-order valence-corrected chi connectivity index (χ3v) is 3.56. The topological polar surface area (TPSA) is 49.4 Å². The first-order chi connectivity index (χ1) is 8.58. The first kappa shape index (κ1) is 14.4. The van der Waals surface area contributed by atoms with Crippen LogP contribution in [0, 0.1) is 0 Å². The molecule has 18 heavy (non-hydrogen) atoms. The number of nitrogens with zero attached hydrogens (tertiary/aromatic N) is 1. The number of nitrogens with one attached hydrogen (secondary N) is 1. The SMILES string of the molecule is C=CC(=O)N(C)CC(=O)NCc1sccc1CC. The highest BCUT2D eigenvalue weighted by Crippen LogP contribution is 2.16. The third-order valence-electron chi connectivity index (χ3n) is 2.60. The second kappa shape index (κ2) is 6.96. The quantitative estimate of drug-likeness (QED) is 0.795. The summed E-state index contributed by atoms with van der Waals surface area (Å²) in [7, 11) is 1.58. The van der Waals surface area contributed by atoms with E-state index in [1.807, 2.05) is 5.38 Å². The minimum absolute atomic E-state index is 0.0533. The van der Waals surface area contributed by atoms with Crippen molar-refractivity contribution >= 4 is 23.2 Å². The summed E-state index contributed by atoms with van der Waals surface area (Å²) < 4.78 is 0. The number of likely N-dealkylation sites (N-methyl/N-ethyl adjacent to an activating group) is 1. The first-order valence-corrected chi connectivity index (χ1v) is 6.66. The van der Waals surface area contributed by atoms with Crippen molar-refractivity contribution in [3.63, 3.8) is 0 Å². The van der Waals surface area contributed by atoms with Crippen LogP contribution in [-0.4, -0.2) is 30.3 Å². The Labute approximate surface area is 111 Å². The fraction of sp³-hybridized carbons (Fsp3) is 0.385. The summed E-state index contributed by atoms with van der Waals surface area (Å²) >= 11 is 1.63. The summed E-state index contributed by atoms with van der Waals surface area (Å²) in [5.41, 5.74) is 1.26. The lowest BCUT2D eigenvalue weighted by Crippen LogP contribution is -2.37. The fourth-order valence-corrected chi connectivity index (χ4v) is 2.44. The molecule has 0 aliphatic heterocycles. The van der Waals surface area contributed by atoms with E-state index in [1.165, 1.54) is 21.4 Å². The van der Waals surface area contributed by atoms with Gasteiger partial charge >= 0.3 is 0 Å². The van der Waals surface area contributed by atoms with E-state index in [2.05, 4.69) is 24.9 Å². The third kappa shape index (κ3) is 4.00. The van der Waals surface area contributed by atoms with Crippen LogP contribution < -0.4 is 5.32 Å². The van der Waals surface area contributed by atoms with Gasteiger partial charge in [0.05, 0.1) is 13.1 Å². The van der Waals surface area contributed by atoms with E-state index in [9.17, 15) is 9.59 Å². The molecule has 0 radical (unpaired) electrons. The first-order valence-electron chi connectivity index (χ1n) is 5.78. The zero-order valence-electron chi connectivity index (χ0n) is 10.7. The summed E-state index contributed by atoms with van der Waals surface area (Å²) in [4.78, 5) is 25.3. The highest BCUT2D eigenvalue weighted by molar-refractivity contribution is 7.10. The molecule has 0 fully saturated rings. The van der Waals surface area contributed by atoms with Gasteiger partial charge < -0.3 is 10.2 Å². The molecule has 0 aliphatic carbocycles.